The van der Waals surface area contributed by atoms with E-state index in [1.54, 1.807) is 0 Å². The van der Waals surface area contributed by atoms with Gasteiger partial charge in [-0.15, -0.1) is 0 Å². The van der Waals surface area contributed by atoms with Crippen molar-refractivity contribution in [2.45, 2.75) is 39.2 Å². The summed E-state index contributed by atoms with van der Waals surface area (Å²) in [5.74, 6) is 0.894. The highest BCUT2D eigenvalue weighted by atomic mass is 16.5. The molecule has 2 N–H and O–H groups in total. The van der Waals surface area contributed by atoms with Gasteiger partial charge in [0.2, 0.25) is 0 Å². The second-order valence-corrected chi connectivity index (χ2v) is 4.46. The number of nitrogens with two attached hydrogens (primary N) is 1. The second-order valence-electron chi connectivity index (χ2n) is 4.46. The minimum Gasteiger partial charge on any atom is -0.487 e. The lowest BCUT2D eigenvalue weighted by Crippen LogP contribution is -2.37. The van der Waals surface area contributed by atoms with Gasteiger partial charge in [0.15, 0.2) is 0 Å². The summed E-state index contributed by atoms with van der Waals surface area (Å²) in [6, 6.07) is 8.27. The van der Waals surface area contributed by atoms with Crippen molar-refractivity contribution in [2.24, 2.45) is 5.73 Å². The molecule has 0 fully saturated rings. The summed E-state index contributed by atoms with van der Waals surface area (Å²) in [4.78, 5) is 0. The molecule has 1 rings (SSSR count). The molecule has 0 aliphatic heterocycles. The molecule has 15 heavy (non-hydrogen) atoms. The zero-order valence-corrected chi connectivity index (χ0v) is 9.92. The normalized spacial score (nSPS) is 11.5. The van der Waals surface area contributed by atoms with Crippen LogP contribution in [0.2, 0.25) is 0 Å². The standard InChI is InChI=1S/C13H21NO/c1-4-5-11-6-8-12(9-7-11)15-13(2,3)10-14/h6-9H,4-5,10,14H2,1-3H3. The van der Waals surface area contributed by atoms with Crippen molar-refractivity contribution in [3.05, 3.63) is 29.8 Å². The first-order valence-corrected chi connectivity index (χ1v) is 5.55. The summed E-state index contributed by atoms with van der Waals surface area (Å²) in [5, 5.41) is 0. The molecule has 0 aromatic heterocycles. The maximum absolute atomic E-state index is 5.76. The molecule has 0 atom stereocenters. The van der Waals surface area contributed by atoms with Crippen molar-refractivity contribution in [1.82, 2.24) is 0 Å². The number of hydrogen-bond acceptors (Lipinski definition) is 2. The molecule has 0 saturated heterocycles. The van der Waals surface area contributed by atoms with E-state index in [0.717, 1.165) is 12.2 Å². The molecule has 0 radical (unpaired) electrons. The van der Waals surface area contributed by atoms with Crippen molar-refractivity contribution in [1.29, 1.82) is 0 Å². The zero-order valence-electron chi connectivity index (χ0n) is 9.92. The van der Waals surface area contributed by atoms with Crippen molar-refractivity contribution in [3.8, 4) is 5.75 Å². The summed E-state index contributed by atoms with van der Waals surface area (Å²) < 4.78 is 5.76. The molecule has 0 aliphatic rings. The van der Waals surface area contributed by atoms with Crippen molar-refractivity contribution in [3.63, 3.8) is 0 Å². The van der Waals surface area contributed by atoms with Crippen molar-refractivity contribution in [2.75, 3.05) is 6.54 Å². The molecule has 0 bridgehead atoms. The molecule has 2 nitrogen and oxygen atoms in total. The molecule has 0 amide bonds. The largest absolute Gasteiger partial charge is 0.487 e. The molecule has 1 aromatic rings. The van der Waals surface area contributed by atoms with Gasteiger partial charge in [0.1, 0.15) is 11.4 Å². The molecule has 0 aliphatic carbocycles. The van der Waals surface area contributed by atoms with Crippen LogP contribution in [-0.4, -0.2) is 12.1 Å². The monoisotopic (exact) mass is 207 g/mol. The van der Waals surface area contributed by atoms with E-state index in [1.165, 1.54) is 12.0 Å². The maximum Gasteiger partial charge on any atom is 0.120 e. The van der Waals surface area contributed by atoms with E-state index in [4.69, 9.17) is 10.5 Å². The summed E-state index contributed by atoms with van der Waals surface area (Å²) in [6.45, 7) is 6.69. The van der Waals surface area contributed by atoms with Gasteiger partial charge in [-0.25, -0.2) is 0 Å². The van der Waals surface area contributed by atoms with E-state index >= 15 is 0 Å². The lowest BCUT2D eigenvalue weighted by Gasteiger charge is -2.24. The first-order valence-electron chi connectivity index (χ1n) is 5.55. The van der Waals surface area contributed by atoms with Crippen LogP contribution in [0, 0.1) is 0 Å². The lowest BCUT2D eigenvalue weighted by molar-refractivity contribution is 0.119. The van der Waals surface area contributed by atoms with E-state index < -0.39 is 0 Å². The third-order valence-electron chi connectivity index (χ3n) is 2.35. The van der Waals surface area contributed by atoms with Crippen LogP contribution in [-0.2, 0) is 6.42 Å². The average Bonchev–Trinajstić information content (AvgIpc) is 2.21. The molecule has 84 valence electrons. The third-order valence-corrected chi connectivity index (χ3v) is 2.35. The molecular formula is C13H21NO. The molecule has 0 unspecified atom stereocenters. The fraction of sp³-hybridized carbons (Fsp3) is 0.538. The van der Waals surface area contributed by atoms with Crippen molar-refractivity contribution >= 4 is 0 Å². The van der Waals surface area contributed by atoms with E-state index in [2.05, 4.69) is 19.1 Å². The van der Waals surface area contributed by atoms with Gasteiger partial charge in [-0.3, -0.25) is 0 Å². The predicted molar refractivity (Wildman–Crippen MR) is 64.2 cm³/mol. The Kier molecular flexibility index (Phi) is 4.15. The molecular weight excluding hydrogens is 186 g/mol. The van der Waals surface area contributed by atoms with E-state index in [0.29, 0.717) is 6.54 Å². The topological polar surface area (TPSA) is 35.2 Å². The Morgan fingerprint density at radius 2 is 1.80 bits per heavy atom. The Balaban J connectivity index is 2.64. The maximum atomic E-state index is 5.76. The minimum absolute atomic E-state index is 0.285. The van der Waals surface area contributed by atoms with Gasteiger partial charge in [-0.2, -0.15) is 0 Å². The second kappa shape index (κ2) is 5.17. The molecule has 2 heteroatoms. The summed E-state index contributed by atoms with van der Waals surface area (Å²) in [5.41, 5.74) is 6.68. The fourth-order valence-corrected chi connectivity index (χ4v) is 1.37. The average molecular weight is 207 g/mol. The zero-order chi connectivity index (χ0) is 11.3. The van der Waals surface area contributed by atoms with Gasteiger partial charge in [0.05, 0.1) is 0 Å². The van der Waals surface area contributed by atoms with Crippen LogP contribution in [0.4, 0.5) is 0 Å². The Bertz CT molecular complexity index is 290. The van der Waals surface area contributed by atoms with Crippen LogP contribution in [0.15, 0.2) is 24.3 Å². The van der Waals surface area contributed by atoms with E-state index in [1.807, 2.05) is 26.0 Å². The number of ether oxygens (including phenoxy) is 1. The molecule has 0 saturated carbocycles. The Morgan fingerprint density at radius 1 is 1.20 bits per heavy atom. The van der Waals surface area contributed by atoms with Crippen LogP contribution in [0.25, 0.3) is 0 Å². The van der Waals surface area contributed by atoms with Crippen LogP contribution < -0.4 is 10.5 Å². The van der Waals surface area contributed by atoms with Crippen molar-refractivity contribution < 1.29 is 4.74 Å². The highest BCUT2D eigenvalue weighted by Gasteiger charge is 2.16. The summed E-state index contributed by atoms with van der Waals surface area (Å²) in [7, 11) is 0. The third kappa shape index (κ3) is 3.92. The van der Waals surface area contributed by atoms with Crippen LogP contribution >= 0.6 is 0 Å². The number of benzene rings is 1. The van der Waals surface area contributed by atoms with E-state index in [9.17, 15) is 0 Å². The number of aryl methyl sites for hydroxylation is 1. The molecule has 0 heterocycles. The quantitative estimate of drug-likeness (QED) is 0.805. The van der Waals surface area contributed by atoms with Gasteiger partial charge >= 0.3 is 0 Å². The van der Waals surface area contributed by atoms with Gasteiger partial charge in [0.25, 0.3) is 0 Å². The predicted octanol–water partition coefficient (Wildman–Crippen LogP) is 2.76. The van der Waals surface area contributed by atoms with Gasteiger partial charge in [0, 0.05) is 6.54 Å². The van der Waals surface area contributed by atoms with Gasteiger partial charge < -0.3 is 10.5 Å². The van der Waals surface area contributed by atoms with Gasteiger partial charge in [-0.1, -0.05) is 25.5 Å². The highest BCUT2D eigenvalue weighted by molar-refractivity contribution is 5.27. The SMILES string of the molecule is CCCc1ccc(OC(C)(C)CN)cc1. The van der Waals surface area contributed by atoms with E-state index in [-0.39, 0.29) is 5.60 Å². The Hall–Kier alpha value is -1.02. The first kappa shape index (κ1) is 12.1. The molecule has 0 spiro atoms. The lowest BCUT2D eigenvalue weighted by atomic mass is 10.1. The first-order chi connectivity index (χ1) is 7.07. The Morgan fingerprint density at radius 3 is 2.27 bits per heavy atom. The minimum atomic E-state index is -0.285. The number of rotatable bonds is 5. The smallest absolute Gasteiger partial charge is 0.120 e. The Labute approximate surface area is 92.4 Å². The van der Waals surface area contributed by atoms with Crippen LogP contribution in [0.1, 0.15) is 32.8 Å². The van der Waals surface area contributed by atoms with Crippen LogP contribution in [0.5, 0.6) is 5.75 Å². The molecule has 1 aromatic carbocycles. The van der Waals surface area contributed by atoms with Gasteiger partial charge in [-0.05, 0) is 38.0 Å². The number of hydrogen-bond donors (Lipinski definition) is 1. The van der Waals surface area contributed by atoms with Crippen LogP contribution in [0.3, 0.4) is 0 Å². The fourth-order valence-electron chi connectivity index (χ4n) is 1.37. The summed E-state index contributed by atoms with van der Waals surface area (Å²) in [6.07, 6.45) is 2.30. The summed E-state index contributed by atoms with van der Waals surface area (Å²) >= 11 is 0. The highest BCUT2D eigenvalue weighted by Crippen LogP contribution is 2.18.